The maximum Gasteiger partial charge on any atom is 0.143 e. The molecule has 0 aliphatic heterocycles. The van der Waals surface area contributed by atoms with Crippen molar-refractivity contribution in [3.05, 3.63) is 53.9 Å². The van der Waals surface area contributed by atoms with Crippen LogP contribution < -0.4 is 9.47 Å². The Hall–Kier alpha value is -2.07. The van der Waals surface area contributed by atoms with Crippen molar-refractivity contribution in [2.45, 2.75) is 18.9 Å². The number of aliphatic hydroxyl groups excluding tert-OH is 1. The van der Waals surface area contributed by atoms with Crippen LogP contribution in [-0.2, 0) is 6.42 Å². The average Bonchev–Trinajstić information content (AvgIpc) is 2.53. The van der Waals surface area contributed by atoms with Crippen LogP contribution in [0.15, 0.2) is 42.6 Å². The second-order valence-corrected chi connectivity index (χ2v) is 4.49. The predicted molar refractivity (Wildman–Crippen MR) is 77.1 cm³/mol. The number of hydrogen-bond donors (Lipinski definition) is 1. The molecule has 1 aromatic heterocycles. The van der Waals surface area contributed by atoms with Gasteiger partial charge in [0, 0.05) is 6.20 Å². The summed E-state index contributed by atoms with van der Waals surface area (Å²) in [5.41, 5.74) is 1.74. The molecular formula is C16H19NO3. The number of aryl methyl sites for hydroxylation is 1. The molecule has 1 atom stereocenters. The van der Waals surface area contributed by atoms with Gasteiger partial charge in [-0.3, -0.25) is 4.98 Å². The standard InChI is InChI=1S/C16H19NO3/c1-19-13-8-5-12(6-9-13)7-10-14(18)16-15(20-2)4-3-11-17-16/h3-6,8-9,11,14,18H,7,10H2,1-2H3. The third-order valence-electron chi connectivity index (χ3n) is 3.20. The monoisotopic (exact) mass is 273 g/mol. The van der Waals surface area contributed by atoms with Gasteiger partial charge in [0.25, 0.3) is 0 Å². The number of aliphatic hydroxyl groups is 1. The number of hydrogen-bond acceptors (Lipinski definition) is 4. The quantitative estimate of drug-likeness (QED) is 0.879. The zero-order valence-electron chi connectivity index (χ0n) is 11.7. The minimum Gasteiger partial charge on any atom is -0.497 e. The number of methoxy groups -OCH3 is 2. The fraction of sp³-hybridized carbons (Fsp3) is 0.312. The lowest BCUT2D eigenvalue weighted by atomic mass is 10.0. The molecule has 0 aliphatic carbocycles. The minimum atomic E-state index is -0.631. The molecule has 0 radical (unpaired) electrons. The normalized spacial score (nSPS) is 11.9. The second-order valence-electron chi connectivity index (χ2n) is 4.49. The predicted octanol–water partition coefficient (Wildman–Crippen LogP) is 2.77. The van der Waals surface area contributed by atoms with Gasteiger partial charge in [0.1, 0.15) is 23.3 Å². The molecule has 0 spiro atoms. The molecule has 1 heterocycles. The van der Waals surface area contributed by atoms with Crippen LogP contribution in [0.4, 0.5) is 0 Å². The zero-order chi connectivity index (χ0) is 14.4. The van der Waals surface area contributed by atoms with E-state index < -0.39 is 6.10 Å². The molecule has 4 nitrogen and oxygen atoms in total. The number of benzene rings is 1. The highest BCUT2D eigenvalue weighted by Crippen LogP contribution is 2.25. The first kappa shape index (κ1) is 14.3. The molecule has 0 aliphatic rings. The van der Waals surface area contributed by atoms with Crippen molar-refractivity contribution < 1.29 is 14.6 Å². The minimum absolute atomic E-state index is 0.587. The van der Waals surface area contributed by atoms with Gasteiger partial charge in [-0.15, -0.1) is 0 Å². The molecule has 0 fully saturated rings. The van der Waals surface area contributed by atoms with Crippen LogP contribution in [-0.4, -0.2) is 24.3 Å². The first-order valence-corrected chi connectivity index (χ1v) is 6.54. The van der Waals surface area contributed by atoms with E-state index in [1.807, 2.05) is 24.3 Å². The lowest BCUT2D eigenvalue weighted by Crippen LogP contribution is -2.04. The molecule has 4 heteroatoms. The van der Waals surface area contributed by atoms with Gasteiger partial charge < -0.3 is 14.6 Å². The molecule has 106 valence electrons. The highest BCUT2D eigenvalue weighted by atomic mass is 16.5. The molecule has 2 rings (SSSR count). The molecule has 1 aromatic carbocycles. The fourth-order valence-electron chi connectivity index (χ4n) is 2.06. The van der Waals surface area contributed by atoms with Gasteiger partial charge >= 0.3 is 0 Å². The van der Waals surface area contributed by atoms with E-state index in [1.165, 1.54) is 0 Å². The molecule has 20 heavy (non-hydrogen) atoms. The number of nitrogens with zero attached hydrogens (tertiary/aromatic N) is 1. The van der Waals surface area contributed by atoms with Gasteiger partial charge in [0.05, 0.1) is 14.2 Å². The highest BCUT2D eigenvalue weighted by molar-refractivity contribution is 5.30. The van der Waals surface area contributed by atoms with Crippen molar-refractivity contribution in [2.75, 3.05) is 14.2 Å². The maximum atomic E-state index is 10.2. The van der Waals surface area contributed by atoms with Crippen molar-refractivity contribution >= 4 is 0 Å². The van der Waals surface area contributed by atoms with Crippen LogP contribution in [0.25, 0.3) is 0 Å². The van der Waals surface area contributed by atoms with Gasteiger partial charge in [0.15, 0.2) is 0 Å². The van der Waals surface area contributed by atoms with Gasteiger partial charge in [-0.2, -0.15) is 0 Å². The molecule has 0 saturated heterocycles. The molecule has 0 saturated carbocycles. The topological polar surface area (TPSA) is 51.6 Å². The summed E-state index contributed by atoms with van der Waals surface area (Å²) in [4.78, 5) is 4.19. The van der Waals surface area contributed by atoms with E-state index >= 15 is 0 Å². The average molecular weight is 273 g/mol. The molecule has 0 bridgehead atoms. The van der Waals surface area contributed by atoms with E-state index in [2.05, 4.69) is 4.98 Å². The van der Waals surface area contributed by atoms with E-state index in [1.54, 1.807) is 32.5 Å². The van der Waals surface area contributed by atoms with E-state index in [-0.39, 0.29) is 0 Å². The van der Waals surface area contributed by atoms with Gasteiger partial charge in [0.2, 0.25) is 0 Å². The Morgan fingerprint density at radius 1 is 1.10 bits per heavy atom. The lowest BCUT2D eigenvalue weighted by Gasteiger charge is -2.13. The van der Waals surface area contributed by atoms with Crippen molar-refractivity contribution in [3.8, 4) is 11.5 Å². The van der Waals surface area contributed by atoms with Gasteiger partial charge in [-0.05, 0) is 42.7 Å². The number of rotatable bonds is 6. The summed E-state index contributed by atoms with van der Waals surface area (Å²) in [5.74, 6) is 1.45. The fourth-order valence-corrected chi connectivity index (χ4v) is 2.06. The van der Waals surface area contributed by atoms with Crippen LogP contribution >= 0.6 is 0 Å². The first-order chi connectivity index (χ1) is 9.74. The SMILES string of the molecule is COc1ccc(CCC(O)c2ncccc2OC)cc1. The van der Waals surface area contributed by atoms with E-state index in [0.717, 1.165) is 17.7 Å². The number of ether oxygens (including phenoxy) is 2. The smallest absolute Gasteiger partial charge is 0.143 e. The largest absolute Gasteiger partial charge is 0.497 e. The second kappa shape index (κ2) is 6.91. The molecule has 1 unspecified atom stereocenters. The molecule has 2 aromatic rings. The summed E-state index contributed by atoms with van der Waals surface area (Å²) >= 11 is 0. The van der Waals surface area contributed by atoms with Crippen molar-refractivity contribution in [2.24, 2.45) is 0 Å². The summed E-state index contributed by atoms with van der Waals surface area (Å²) in [6.45, 7) is 0. The summed E-state index contributed by atoms with van der Waals surface area (Å²) in [6.07, 6.45) is 2.40. The summed E-state index contributed by atoms with van der Waals surface area (Å²) in [7, 11) is 3.23. The van der Waals surface area contributed by atoms with Crippen LogP contribution in [0, 0.1) is 0 Å². The Morgan fingerprint density at radius 3 is 2.50 bits per heavy atom. The van der Waals surface area contributed by atoms with Gasteiger partial charge in [-0.1, -0.05) is 12.1 Å². The van der Waals surface area contributed by atoms with Gasteiger partial charge in [-0.25, -0.2) is 0 Å². The lowest BCUT2D eigenvalue weighted by molar-refractivity contribution is 0.158. The Bertz CT molecular complexity index is 540. The Kier molecular flexibility index (Phi) is 4.96. The third-order valence-corrected chi connectivity index (χ3v) is 3.20. The van der Waals surface area contributed by atoms with E-state index in [0.29, 0.717) is 17.9 Å². The Labute approximate surface area is 119 Å². The summed E-state index contributed by atoms with van der Waals surface area (Å²) < 4.78 is 10.3. The summed E-state index contributed by atoms with van der Waals surface area (Å²) in [5, 5.41) is 10.2. The van der Waals surface area contributed by atoms with E-state index in [9.17, 15) is 5.11 Å². The molecule has 1 N–H and O–H groups in total. The Morgan fingerprint density at radius 2 is 1.85 bits per heavy atom. The first-order valence-electron chi connectivity index (χ1n) is 6.54. The number of aromatic nitrogens is 1. The molecular weight excluding hydrogens is 254 g/mol. The number of pyridine rings is 1. The highest BCUT2D eigenvalue weighted by Gasteiger charge is 2.14. The van der Waals surface area contributed by atoms with Crippen LogP contribution in [0.1, 0.15) is 23.8 Å². The van der Waals surface area contributed by atoms with Crippen LogP contribution in [0.5, 0.6) is 11.5 Å². The summed E-state index contributed by atoms with van der Waals surface area (Å²) in [6, 6.07) is 11.4. The zero-order valence-corrected chi connectivity index (χ0v) is 11.7. The van der Waals surface area contributed by atoms with Crippen LogP contribution in [0.2, 0.25) is 0 Å². The Balaban J connectivity index is 1.98. The maximum absolute atomic E-state index is 10.2. The van der Waals surface area contributed by atoms with Crippen molar-refractivity contribution in [1.29, 1.82) is 0 Å². The van der Waals surface area contributed by atoms with E-state index in [4.69, 9.17) is 9.47 Å². The van der Waals surface area contributed by atoms with Crippen LogP contribution in [0.3, 0.4) is 0 Å². The third kappa shape index (κ3) is 3.48. The molecule has 0 amide bonds. The van der Waals surface area contributed by atoms with Crippen molar-refractivity contribution in [1.82, 2.24) is 4.98 Å². The van der Waals surface area contributed by atoms with Crippen molar-refractivity contribution in [3.63, 3.8) is 0 Å².